The number of hydrogen-bond acceptors (Lipinski definition) is 19. The molecule has 2 aliphatic heterocycles. The van der Waals surface area contributed by atoms with Gasteiger partial charge in [-0.2, -0.15) is 0 Å². The largest absolute Gasteiger partial charge is 0.475 e. The molecule has 0 aromatic heterocycles. The molecule has 2 aliphatic rings. The number of aliphatic hydroxyl groups excluding tert-OH is 4. The third kappa shape index (κ3) is 33.8. The highest BCUT2D eigenvalue weighted by Crippen LogP contribution is 2.57. The number of esters is 1. The highest BCUT2D eigenvalue weighted by molar-refractivity contribution is 7.48. The number of carbonyl (C=O) groups is 3. The molecule has 3 unspecified atom stereocenters. The Balaban J connectivity index is 1.21. The first-order valence-electron chi connectivity index (χ1n) is 47.3. The third-order valence-corrected chi connectivity index (χ3v) is 26.1. The number of rotatable bonds is 63. The third-order valence-electron chi connectivity index (χ3n) is 24.7. The summed E-state index contributed by atoms with van der Waals surface area (Å²) in [6, 6.07) is 58.4. The van der Waals surface area contributed by atoms with Gasteiger partial charge in [0.2, 0.25) is 11.8 Å². The van der Waals surface area contributed by atoms with E-state index in [1.54, 1.807) is 170 Å². The van der Waals surface area contributed by atoms with Gasteiger partial charge in [0.05, 0.1) is 64.1 Å². The van der Waals surface area contributed by atoms with Crippen molar-refractivity contribution in [2.75, 3.05) is 13.2 Å². The van der Waals surface area contributed by atoms with E-state index >= 15 is 24.4 Å². The molecule has 22 heteroatoms. The summed E-state index contributed by atoms with van der Waals surface area (Å²) in [5, 5.41) is 101. The lowest BCUT2D eigenvalue weighted by Gasteiger charge is -2.60. The molecule has 2 saturated heterocycles. The van der Waals surface area contributed by atoms with Crippen LogP contribution < -0.4 is 10.6 Å². The standard InChI is InChI=1S/C104H147N2O19P/c1-4-7-10-13-16-19-22-25-49-66-88(118-76-84-60-43-32-44-61-84)70-91(110)106-98-101(119-79-87(108)75-107)124-99(104(116,74-83-58-41-31-42-59-83)103(98,115)73-82-56-39-30-40-57-82)94(113)96-97(105-92(111)71-89(67-50-26-23-20-17-14-11-8-5-2)122-93(112)68-51-27-24-21-18-15-12-9-6-3)102(114,72-81-54-37-29-38-55-81)100(95(123-96)90(109)69-80-52-35-28-36-53-80)125-126(117,120-77-85-62-45-33-46-63-85)121-78-86-64-47-34-48-65-86/h28-48,52-65,87-90,94-101,107-109,113-116H,4-27,49-51,66-79H2,1-3H3,(H,105,111)(H,106,110)/t87?,88-,89-,90?,94?,95-,96+,97-,98-,99-,100-,101+,102-,103-,104-/m1/s1. The van der Waals surface area contributed by atoms with E-state index in [-0.39, 0.29) is 45.5 Å². The van der Waals surface area contributed by atoms with Crippen LogP contribution in [-0.4, -0.2) is 157 Å². The SMILES string of the molecule is CCCCCCCCCCCC(=O)O[C@H](CCCCCCCCCCC)CC(=O)N[C@@H]1[C@H](C(O)[C@H]2O[C@H](OCC(O)CO)[C@@H](NC(=O)C[C@@H](CCCCCCCCCCC)OCc3ccccc3)[C@](O)(Cc3ccccc3)[C@@]2(O)Cc2ccccc2)O[C@H](C(O)Cc2ccccc2)[C@@H](OP(=O)(OCc2ccccc2)OCc2ccccc2)[C@@]1(O)Cc1ccccc1. The van der Waals surface area contributed by atoms with Crippen LogP contribution in [0.3, 0.4) is 0 Å². The molecule has 15 atom stereocenters. The van der Waals surface area contributed by atoms with Crippen molar-refractivity contribution in [3.8, 4) is 0 Å². The maximum Gasteiger partial charge on any atom is 0.475 e. The predicted molar refractivity (Wildman–Crippen MR) is 492 cm³/mol. The Hall–Kier alpha value is -7.38. The lowest BCUT2D eigenvalue weighted by Crippen LogP contribution is -2.83. The molecule has 7 aromatic rings. The molecule has 9 rings (SSSR count). The summed E-state index contributed by atoms with van der Waals surface area (Å²) in [6.07, 6.45) is 8.25. The van der Waals surface area contributed by atoms with Crippen LogP contribution in [0.15, 0.2) is 212 Å². The summed E-state index contributed by atoms with van der Waals surface area (Å²) in [5.74, 6) is -1.94. The minimum Gasteiger partial charge on any atom is -0.462 e. The molecule has 2 amide bonds. The predicted octanol–water partition coefficient (Wildman–Crippen LogP) is 18.7. The first kappa shape index (κ1) is 102. The second kappa shape index (κ2) is 56.3. The van der Waals surface area contributed by atoms with Gasteiger partial charge in [0.15, 0.2) is 6.29 Å². The first-order chi connectivity index (χ1) is 61.3. The van der Waals surface area contributed by atoms with Gasteiger partial charge in [-0.25, -0.2) is 4.57 Å². The molecular weight excluding hydrogens is 1610 g/mol. The fourth-order valence-electron chi connectivity index (χ4n) is 17.6. The van der Waals surface area contributed by atoms with Crippen LogP contribution in [0.1, 0.15) is 265 Å². The Morgan fingerprint density at radius 1 is 0.429 bits per heavy atom. The topological polar surface area (TPSA) is 308 Å². The van der Waals surface area contributed by atoms with Crippen molar-refractivity contribution < 1.29 is 91.9 Å². The van der Waals surface area contributed by atoms with E-state index in [4.69, 9.17) is 37.3 Å². The van der Waals surface area contributed by atoms with Gasteiger partial charge in [-0.3, -0.25) is 28.0 Å². The van der Waals surface area contributed by atoms with Gasteiger partial charge in [0.1, 0.15) is 65.6 Å². The van der Waals surface area contributed by atoms with Gasteiger partial charge in [-0.1, -0.05) is 394 Å². The molecule has 126 heavy (non-hydrogen) atoms. The van der Waals surface area contributed by atoms with Crippen molar-refractivity contribution in [3.05, 3.63) is 251 Å². The number of nitrogens with one attached hydrogen (secondary N) is 2. The summed E-state index contributed by atoms with van der Waals surface area (Å²) in [6.45, 7) is 4.55. The number of unbranched alkanes of at least 4 members (excludes halogenated alkanes) is 24. The monoisotopic (exact) mass is 1760 g/mol. The van der Waals surface area contributed by atoms with E-state index in [0.717, 1.165) is 128 Å². The molecule has 2 fully saturated rings. The highest BCUT2D eigenvalue weighted by atomic mass is 31.2. The molecular formula is C104H147N2O19P. The Morgan fingerprint density at radius 3 is 1.25 bits per heavy atom. The molecule has 0 aliphatic carbocycles. The summed E-state index contributed by atoms with van der Waals surface area (Å²) < 4.78 is 70.6. The number of amides is 2. The van der Waals surface area contributed by atoms with Gasteiger partial charge in [0.25, 0.3) is 0 Å². The normalized spacial score (nSPS) is 22.0. The molecule has 0 bridgehead atoms. The van der Waals surface area contributed by atoms with Crippen molar-refractivity contribution in [3.63, 3.8) is 0 Å². The quantitative estimate of drug-likeness (QED) is 0.00972. The van der Waals surface area contributed by atoms with Crippen LogP contribution in [0.2, 0.25) is 0 Å². The van der Waals surface area contributed by atoms with E-state index in [1.807, 2.05) is 42.5 Å². The summed E-state index contributed by atoms with van der Waals surface area (Å²) in [5.41, 5.74) is -4.63. The zero-order valence-electron chi connectivity index (χ0n) is 75.1. The number of hydrogen-bond donors (Lipinski definition) is 9. The van der Waals surface area contributed by atoms with E-state index in [9.17, 15) is 30.3 Å². The zero-order chi connectivity index (χ0) is 89.5. The lowest BCUT2D eigenvalue weighted by molar-refractivity contribution is -0.361. The van der Waals surface area contributed by atoms with Gasteiger partial charge < -0.3 is 70.1 Å². The second-order valence-electron chi connectivity index (χ2n) is 35.1. The average Bonchev–Trinajstić information content (AvgIpc) is 0.711. The number of benzene rings is 7. The van der Waals surface area contributed by atoms with Gasteiger partial charge >= 0.3 is 13.8 Å². The lowest BCUT2D eigenvalue weighted by atomic mass is 9.63. The van der Waals surface area contributed by atoms with Gasteiger partial charge in [-0.05, 0) is 64.6 Å². The maximum absolute atomic E-state index is 16.5. The number of aliphatic hydroxyl groups is 7. The van der Waals surface area contributed by atoms with Crippen LogP contribution >= 0.6 is 7.82 Å². The second-order valence-corrected chi connectivity index (χ2v) is 36.7. The molecule has 0 radical (unpaired) electrons. The molecule has 0 spiro atoms. The Kier molecular flexibility index (Phi) is 45.7. The minimum atomic E-state index is -5.16. The molecule has 7 aromatic carbocycles. The van der Waals surface area contributed by atoms with E-state index in [2.05, 4.69) is 31.4 Å². The molecule has 0 saturated carbocycles. The summed E-state index contributed by atoms with van der Waals surface area (Å²) in [7, 11) is -5.16. The van der Waals surface area contributed by atoms with Crippen molar-refractivity contribution in [1.82, 2.24) is 10.6 Å². The Labute approximate surface area is 750 Å². The number of phosphoric ester groups is 1. The number of ether oxygens (including phenoxy) is 5. The highest BCUT2D eigenvalue weighted by Gasteiger charge is 2.70. The molecule has 21 nitrogen and oxygen atoms in total. The summed E-state index contributed by atoms with van der Waals surface area (Å²) >= 11 is 0. The van der Waals surface area contributed by atoms with Crippen LogP contribution in [-0.2, 0) is 102 Å². The van der Waals surface area contributed by atoms with Gasteiger partial charge in [0, 0.05) is 32.1 Å². The Morgan fingerprint density at radius 2 is 0.802 bits per heavy atom. The molecule has 2 heterocycles. The van der Waals surface area contributed by atoms with Crippen molar-refractivity contribution >= 4 is 25.6 Å². The molecule has 692 valence electrons. The van der Waals surface area contributed by atoms with Crippen LogP contribution in [0.25, 0.3) is 0 Å². The average molecular weight is 1760 g/mol. The number of carbonyl (C=O) groups excluding carboxylic acids is 3. The Bertz CT molecular complexity index is 4090. The molecule has 9 N–H and O–H groups in total. The zero-order valence-corrected chi connectivity index (χ0v) is 76.0. The maximum atomic E-state index is 16.5. The van der Waals surface area contributed by atoms with Crippen LogP contribution in [0.5, 0.6) is 0 Å². The summed E-state index contributed by atoms with van der Waals surface area (Å²) in [4.78, 5) is 46.2. The van der Waals surface area contributed by atoms with E-state index in [1.165, 1.54) is 38.5 Å². The smallest absolute Gasteiger partial charge is 0.462 e. The van der Waals surface area contributed by atoms with Crippen LogP contribution in [0, 0.1) is 0 Å². The van der Waals surface area contributed by atoms with Crippen molar-refractivity contribution in [1.29, 1.82) is 0 Å². The fraction of sp³-hybridized carbons (Fsp3) is 0.567. The van der Waals surface area contributed by atoms with E-state index < -0.39 is 155 Å². The van der Waals surface area contributed by atoms with Crippen molar-refractivity contribution in [2.45, 2.75) is 362 Å². The van der Waals surface area contributed by atoms with E-state index in [0.29, 0.717) is 52.6 Å². The first-order valence-corrected chi connectivity index (χ1v) is 48.7. The number of phosphoric acid groups is 1. The fourth-order valence-corrected chi connectivity index (χ4v) is 19.0. The van der Waals surface area contributed by atoms with Gasteiger partial charge in [-0.15, -0.1) is 0 Å². The minimum absolute atomic E-state index is 0.110. The van der Waals surface area contributed by atoms with Crippen molar-refractivity contribution in [2.24, 2.45) is 0 Å². The van der Waals surface area contributed by atoms with Crippen LogP contribution in [0.4, 0.5) is 0 Å².